The molecular weight excluding hydrogens is 234 g/mol. The first-order chi connectivity index (χ1) is 8.50. The maximum absolute atomic E-state index is 12.2. The number of carbonyl (C=O) groups excluding carboxylic acids is 2. The lowest BCUT2D eigenvalue weighted by Gasteiger charge is -2.28. The van der Waals surface area contributed by atoms with Crippen LogP contribution in [-0.2, 0) is 4.79 Å². The number of aryl methyl sites for hydroxylation is 1. The molecule has 0 radical (unpaired) electrons. The summed E-state index contributed by atoms with van der Waals surface area (Å²) < 4.78 is 4.89. The molecule has 0 aromatic carbocycles. The van der Waals surface area contributed by atoms with Gasteiger partial charge in [-0.1, -0.05) is 19.0 Å². The number of amides is 2. The van der Waals surface area contributed by atoms with Crippen molar-refractivity contribution in [2.75, 3.05) is 13.1 Å². The zero-order valence-electron chi connectivity index (χ0n) is 10.8. The smallest absolute Gasteiger partial charge is 0.294 e. The van der Waals surface area contributed by atoms with Crippen molar-refractivity contribution >= 4 is 11.8 Å². The molecule has 98 valence electrons. The number of rotatable bonds is 2. The topological polar surface area (TPSA) is 66.7 Å². The van der Waals surface area contributed by atoms with Gasteiger partial charge in [0.15, 0.2) is 5.69 Å². The molecule has 1 saturated heterocycles. The molecule has 1 aromatic rings. The third kappa shape index (κ3) is 2.23. The quantitative estimate of drug-likeness (QED) is 0.792. The van der Waals surface area contributed by atoms with E-state index in [1.165, 1.54) is 10.0 Å². The monoisotopic (exact) mass is 251 g/mol. The predicted molar refractivity (Wildman–Crippen MR) is 63.4 cm³/mol. The summed E-state index contributed by atoms with van der Waals surface area (Å²) in [7, 11) is 0. The molecule has 0 N–H and O–H groups in total. The van der Waals surface area contributed by atoms with Crippen LogP contribution in [0.1, 0.15) is 36.5 Å². The minimum absolute atomic E-state index is 0.0407. The van der Waals surface area contributed by atoms with Crippen LogP contribution in [0.25, 0.3) is 0 Å². The van der Waals surface area contributed by atoms with Gasteiger partial charge in [0.2, 0.25) is 5.91 Å². The Kier molecular flexibility index (Phi) is 3.36. The summed E-state index contributed by atoms with van der Waals surface area (Å²) in [6.45, 7) is 6.50. The summed E-state index contributed by atoms with van der Waals surface area (Å²) in [5.74, 6) is 0.135. The van der Waals surface area contributed by atoms with Crippen molar-refractivity contribution in [1.29, 1.82) is 0 Å². The Hall–Kier alpha value is -1.85. The molecule has 2 heterocycles. The number of carbonyl (C=O) groups is 2. The molecule has 6 heteroatoms. The molecule has 0 bridgehead atoms. The van der Waals surface area contributed by atoms with E-state index in [1.807, 2.05) is 13.8 Å². The average molecular weight is 251 g/mol. The van der Waals surface area contributed by atoms with Gasteiger partial charge in [0.1, 0.15) is 5.76 Å². The zero-order valence-corrected chi connectivity index (χ0v) is 10.8. The highest BCUT2D eigenvalue weighted by Gasteiger charge is 2.33. The van der Waals surface area contributed by atoms with Gasteiger partial charge >= 0.3 is 0 Å². The Morgan fingerprint density at radius 1 is 1.33 bits per heavy atom. The Balaban J connectivity index is 2.17. The Morgan fingerprint density at radius 3 is 2.56 bits per heavy atom. The van der Waals surface area contributed by atoms with Crippen molar-refractivity contribution in [3.63, 3.8) is 0 Å². The van der Waals surface area contributed by atoms with E-state index in [1.54, 1.807) is 13.0 Å². The lowest BCUT2D eigenvalue weighted by Crippen LogP contribution is -2.46. The molecule has 1 aromatic heterocycles. The molecule has 1 fully saturated rings. The van der Waals surface area contributed by atoms with Gasteiger partial charge in [-0.05, 0) is 13.3 Å². The van der Waals surface area contributed by atoms with Gasteiger partial charge < -0.3 is 4.52 Å². The van der Waals surface area contributed by atoms with E-state index in [4.69, 9.17) is 4.52 Å². The van der Waals surface area contributed by atoms with Crippen molar-refractivity contribution in [1.82, 2.24) is 15.2 Å². The van der Waals surface area contributed by atoms with Crippen molar-refractivity contribution < 1.29 is 14.1 Å². The van der Waals surface area contributed by atoms with E-state index < -0.39 is 0 Å². The zero-order chi connectivity index (χ0) is 13.3. The van der Waals surface area contributed by atoms with Gasteiger partial charge in [-0.2, -0.15) is 0 Å². The first-order valence-electron chi connectivity index (χ1n) is 6.07. The van der Waals surface area contributed by atoms with Gasteiger partial charge in [-0.3, -0.25) is 14.6 Å². The van der Waals surface area contributed by atoms with Crippen molar-refractivity contribution in [2.24, 2.45) is 5.92 Å². The van der Waals surface area contributed by atoms with Crippen LogP contribution in [0.3, 0.4) is 0 Å². The van der Waals surface area contributed by atoms with E-state index in [0.29, 0.717) is 18.8 Å². The van der Waals surface area contributed by atoms with Gasteiger partial charge in [0.05, 0.1) is 0 Å². The minimum atomic E-state index is -0.279. The third-order valence-electron chi connectivity index (χ3n) is 2.86. The highest BCUT2D eigenvalue weighted by atomic mass is 16.5. The van der Waals surface area contributed by atoms with Crippen LogP contribution in [0.4, 0.5) is 0 Å². The maximum atomic E-state index is 12.2. The summed E-state index contributed by atoms with van der Waals surface area (Å²) in [5.41, 5.74) is 0.246. The second-order valence-corrected chi connectivity index (χ2v) is 4.72. The highest BCUT2D eigenvalue weighted by molar-refractivity contribution is 5.94. The van der Waals surface area contributed by atoms with Gasteiger partial charge in [0.25, 0.3) is 5.91 Å². The molecule has 18 heavy (non-hydrogen) atoms. The van der Waals surface area contributed by atoms with Crippen molar-refractivity contribution in [3.05, 3.63) is 17.5 Å². The van der Waals surface area contributed by atoms with E-state index in [-0.39, 0.29) is 23.4 Å². The molecule has 0 aliphatic carbocycles. The van der Waals surface area contributed by atoms with Crippen molar-refractivity contribution in [2.45, 2.75) is 27.2 Å². The van der Waals surface area contributed by atoms with E-state index in [2.05, 4.69) is 5.16 Å². The Morgan fingerprint density at radius 2 is 2.00 bits per heavy atom. The molecule has 2 rings (SSSR count). The average Bonchev–Trinajstić information content (AvgIpc) is 2.95. The summed E-state index contributed by atoms with van der Waals surface area (Å²) in [6.07, 6.45) is 0.793. The number of hydrogen-bond donors (Lipinski definition) is 0. The number of hydrogen-bond acceptors (Lipinski definition) is 4. The predicted octanol–water partition coefficient (Wildman–Crippen LogP) is 1.23. The van der Waals surface area contributed by atoms with Gasteiger partial charge in [0, 0.05) is 25.1 Å². The molecule has 0 unspecified atom stereocenters. The number of nitrogens with zero attached hydrogens (tertiary/aromatic N) is 3. The van der Waals surface area contributed by atoms with Crippen LogP contribution < -0.4 is 0 Å². The number of hydrazine groups is 1. The van der Waals surface area contributed by atoms with E-state index in [0.717, 1.165) is 6.42 Å². The van der Waals surface area contributed by atoms with Crippen LogP contribution in [-0.4, -0.2) is 40.1 Å². The second kappa shape index (κ2) is 4.80. The fourth-order valence-electron chi connectivity index (χ4n) is 1.95. The number of aromatic nitrogens is 1. The first kappa shape index (κ1) is 12.6. The lowest BCUT2D eigenvalue weighted by molar-refractivity contribution is -0.143. The van der Waals surface area contributed by atoms with E-state index in [9.17, 15) is 9.59 Å². The molecule has 1 aliphatic heterocycles. The minimum Gasteiger partial charge on any atom is -0.361 e. The normalized spacial score (nSPS) is 15.6. The van der Waals surface area contributed by atoms with Crippen LogP contribution in [0.15, 0.2) is 10.6 Å². The molecule has 2 amide bonds. The first-order valence-corrected chi connectivity index (χ1v) is 6.07. The fraction of sp³-hybridized carbons (Fsp3) is 0.583. The molecule has 0 saturated carbocycles. The van der Waals surface area contributed by atoms with Gasteiger partial charge in [-0.25, -0.2) is 5.01 Å². The molecule has 0 spiro atoms. The van der Waals surface area contributed by atoms with E-state index >= 15 is 0 Å². The fourth-order valence-corrected chi connectivity index (χ4v) is 1.95. The van der Waals surface area contributed by atoms with Gasteiger partial charge in [-0.15, -0.1) is 0 Å². The SMILES string of the molecule is Cc1cc(C(=O)N2CCCN2C(=O)C(C)C)no1. The summed E-state index contributed by atoms with van der Waals surface area (Å²) >= 11 is 0. The summed E-state index contributed by atoms with van der Waals surface area (Å²) in [5, 5.41) is 6.66. The molecule has 1 aliphatic rings. The highest BCUT2D eigenvalue weighted by Crippen LogP contribution is 2.17. The molecule has 6 nitrogen and oxygen atoms in total. The largest absolute Gasteiger partial charge is 0.361 e. The summed E-state index contributed by atoms with van der Waals surface area (Å²) in [4.78, 5) is 24.2. The second-order valence-electron chi connectivity index (χ2n) is 4.72. The van der Waals surface area contributed by atoms with Crippen LogP contribution >= 0.6 is 0 Å². The maximum Gasteiger partial charge on any atom is 0.294 e. The van der Waals surface area contributed by atoms with Crippen LogP contribution in [0.5, 0.6) is 0 Å². The van der Waals surface area contributed by atoms with Crippen LogP contribution in [0, 0.1) is 12.8 Å². The third-order valence-corrected chi connectivity index (χ3v) is 2.86. The standard InChI is InChI=1S/C12H17N3O3/c1-8(2)11(16)14-5-4-6-15(14)12(17)10-7-9(3)18-13-10/h7-8H,4-6H2,1-3H3. The van der Waals surface area contributed by atoms with Crippen molar-refractivity contribution in [3.8, 4) is 0 Å². The molecule has 0 atom stereocenters. The summed E-state index contributed by atoms with van der Waals surface area (Å²) in [6, 6.07) is 1.58. The Bertz CT molecular complexity index is 467. The van der Waals surface area contributed by atoms with Crippen LogP contribution in [0.2, 0.25) is 0 Å². The lowest BCUT2D eigenvalue weighted by atomic mass is 10.2. The molecular formula is C12H17N3O3. The Labute approximate surface area is 105 Å².